The van der Waals surface area contributed by atoms with Crippen molar-refractivity contribution in [1.29, 1.82) is 0 Å². The number of amides is 1. The molecule has 2 rings (SSSR count). The second kappa shape index (κ2) is 8.01. The first-order valence-electron chi connectivity index (χ1n) is 8.21. The van der Waals surface area contributed by atoms with Gasteiger partial charge in [-0.05, 0) is 31.2 Å². The van der Waals surface area contributed by atoms with Gasteiger partial charge in [-0.25, -0.2) is 0 Å². The van der Waals surface area contributed by atoms with Crippen molar-refractivity contribution in [2.45, 2.75) is 58.4 Å². The molecule has 2 N–H and O–H groups in total. The standard InChI is InChI=1S/C17H27N3O/c1-3-10-19-16-12-18-11-9-14(16)17(21)20-15-8-6-4-5-7-13(15)2/h9,11-13,15,19H,3-8,10H2,1-2H3,(H,20,21). The summed E-state index contributed by atoms with van der Waals surface area (Å²) in [5, 5.41) is 6.52. The Morgan fingerprint density at radius 3 is 2.95 bits per heavy atom. The smallest absolute Gasteiger partial charge is 0.253 e. The van der Waals surface area contributed by atoms with E-state index >= 15 is 0 Å². The van der Waals surface area contributed by atoms with Crippen LogP contribution in [0.25, 0.3) is 0 Å². The normalized spacial score (nSPS) is 22.4. The SMILES string of the molecule is CCCNc1cnccc1C(=O)NC1CCCCCC1C. The zero-order valence-electron chi connectivity index (χ0n) is 13.2. The van der Waals surface area contributed by atoms with E-state index in [1.165, 1.54) is 25.7 Å². The second-order valence-corrected chi connectivity index (χ2v) is 6.04. The van der Waals surface area contributed by atoms with E-state index in [2.05, 4.69) is 29.5 Å². The summed E-state index contributed by atoms with van der Waals surface area (Å²) >= 11 is 0. The fraction of sp³-hybridized carbons (Fsp3) is 0.647. The summed E-state index contributed by atoms with van der Waals surface area (Å²) in [4.78, 5) is 16.7. The number of anilines is 1. The fourth-order valence-electron chi connectivity index (χ4n) is 2.95. The molecule has 21 heavy (non-hydrogen) atoms. The van der Waals surface area contributed by atoms with Crippen LogP contribution in [0.3, 0.4) is 0 Å². The van der Waals surface area contributed by atoms with E-state index in [1.807, 2.05) is 0 Å². The fourth-order valence-corrected chi connectivity index (χ4v) is 2.95. The molecule has 0 aromatic carbocycles. The maximum atomic E-state index is 12.6. The van der Waals surface area contributed by atoms with Gasteiger partial charge in [0.1, 0.15) is 0 Å². The maximum Gasteiger partial charge on any atom is 0.253 e. The van der Waals surface area contributed by atoms with Crippen molar-refractivity contribution in [3.05, 3.63) is 24.0 Å². The van der Waals surface area contributed by atoms with Gasteiger partial charge in [-0.2, -0.15) is 0 Å². The van der Waals surface area contributed by atoms with Crippen LogP contribution >= 0.6 is 0 Å². The van der Waals surface area contributed by atoms with Crippen molar-refractivity contribution >= 4 is 11.6 Å². The first-order valence-corrected chi connectivity index (χ1v) is 8.21. The van der Waals surface area contributed by atoms with Gasteiger partial charge in [0.05, 0.1) is 17.4 Å². The molecule has 0 radical (unpaired) electrons. The van der Waals surface area contributed by atoms with Gasteiger partial charge in [0.15, 0.2) is 0 Å². The van der Waals surface area contributed by atoms with Gasteiger partial charge in [-0.15, -0.1) is 0 Å². The van der Waals surface area contributed by atoms with Crippen molar-refractivity contribution in [2.75, 3.05) is 11.9 Å². The number of carbonyl (C=O) groups excluding carboxylic acids is 1. The van der Waals surface area contributed by atoms with Crippen molar-refractivity contribution in [3.63, 3.8) is 0 Å². The lowest BCUT2D eigenvalue weighted by molar-refractivity contribution is 0.0922. The van der Waals surface area contributed by atoms with Crippen molar-refractivity contribution in [1.82, 2.24) is 10.3 Å². The molecule has 0 saturated heterocycles. The Morgan fingerprint density at radius 1 is 1.33 bits per heavy atom. The zero-order chi connectivity index (χ0) is 15.1. The number of hydrogen-bond acceptors (Lipinski definition) is 3. The van der Waals surface area contributed by atoms with Gasteiger partial charge in [0.25, 0.3) is 5.91 Å². The molecule has 4 heteroatoms. The first kappa shape index (κ1) is 15.8. The van der Waals surface area contributed by atoms with Gasteiger partial charge in [-0.3, -0.25) is 9.78 Å². The molecule has 2 unspecified atom stereocenters. The van der Waals surface area contributed by atoms with Crippen LogP contribution in [-0.2, 0) is 0 Å². The summed E-state index contributed by atoms with van der Waals surface area (Å²) in [6, 6.07) is 2.10. The summed E-state index contributed by atoms with van der Waals surface area (Å²) in [5.74, 6) is 0.583. The third-order valence-electron chi connectivity index (χ3n) is 4.31. The predicted molar refractivity (Wildman–Crippen MR) is 86.5 cm³/mol. The largest absolute Gasteiger partial charge is 0.383 e. The first-order chi connectivity index (χ1) is 10.2. The molecular formula is C17H27N3O. The molecule has 1 aliphatic carbocycles. The lowest BCUT2D eigenvalue weighted by Gasteiger charge is -2.23. The number of hydrogen-bond donors (Lipinski definition) is 2. The minimum atomic E-state index is 0.0229. The van der Waals surface area contributed by atoms with E-state index in [-0.39, 0.29) is 5.91 Å². The molecule has 1 aromatic rings. The highest BCUT2D eigenvalue weighted by molar-refractivity contribution is 5.99. The number of pyridine rings is 1. The number of aromatic nitrogens is 1. The highest BCUT2D eigenvalue weighted by atomic mass is 16.1. The lowest BCUT2D eigenvalue weighted by Crippen LogP contribution is -2.39. The van der Waals surface area contributed by atoms with E-state index in [4.69, 9.17) is 0 Å². The highest BCUT2D eigenvalue weighted by Gasteiger charge is 2.23. The summed E-state index contributed by atoms with van der Waals surface area (Å²) in [5.41, 5.74) is 1.54. The van der Waals surface area contributed by atoms with Crippen molar-refractivity contribution < 1.29 is 4.79 Å². The van der Waals surface area contributed by atoms with Crippen LogP contribution in [0.1, 0.15) is 62.7 Å². The molecule has 1 amide bonds. The van der Waals surface area contributed by atoms with Gasteiger partial charge >= 0.3 is 0 Å². The molecular weight excluding hydrogens is 262 g/mol. The Morgan fingerprint density at radius 2 is 2.14 bits per heavy atom. The molecule has 116 valence electrons. The van der Waals surface area contributed by atoms with Gasteiger partial charge in [0, 0.05) is 18.8 Å². The Hall–Kier alpha value is -1.58. The average Bonchev–Trinajstić information content (AvgIpc) is 2.70. The zero-order valence-corrected chi connectivity index (χ0v) is 13.2. The van der Waals surface area contributed by atoms with Crippen molar-refractivity contribution in [3.8, 4) is 0 Å². The van der Waals surface area contributed by atoms with E-state index in [0.717, 1.165) is 25.1 Å². The van der Waals surface area contributed by atoms with E-state index in [0.29, 0.717) is 17.5 Å². The third-order valence-corrected chi connectivity index (χ3v) is 4.31. The predicted octanol–water partition coefficient (Wildman–Crippen LogP) is 3.60. The Bertz CT molecular complexity index is 461. The molecule has 0 aliphatic heterocycles. The second-order valence-electron chi connectivity index (χ2n) is 6.04. The molecule has 1 aromatic heterocycles. The van der Waals surface area contributed by atoms with Crippen LogP contribution in [0.15, 0.2) is 18.5 Å². The summed E-state index contributed by atoms with van der Waals surface area (Å²) in [6.45, 7) is 5.21. The molecule has 2 atom stereocenters. The number of carbonyl (C=O) groups is 1. The Balaban J connectivity index is 2.05. The summed E-state index contributed by atoms with van der Waals surface area (Å²) < 4.78 is 0. The molecule has 0 bridgehead atoms. The quantitative estimate of drug-likeness (QED) is 0.814. The number of rotatable bonds is 5. The third kappa shape index (κ3) is 4.45. The summed E-state index contributed by atoms with van der Waals surface area (Å²) in [7, 11) is 0. The van der Waals surface area contributed by atoms with Gasteiger partial charge in [0.2, 0.25) is 0 Å². The highest BCUT2D eigenvalue weighted by Crippen LogP contribution is 2.24. The maximum absolute atomic E-state index is 12.6. The van der Waals surface area contributed by atoms with Gasteiger partial charge < -0.3 is 10.6 Å². The molecule has 1 fully saturated rings. The van der Waals surface area contributed by atoms with Crippen LogP contribution in [0, 0.1) is 5.92 Å². The average molecular weight is 289 g/mol. The minimum absolute atomic E-state index is 0.0229. The van der Waals surface area contributed by atoms with Crippen molar-refractivity contribution in [2.24, 2.45) is 5.92 Å². The van der Waals surface area contributed by atoms with Crippen LogP contribution in [-0.4, -0.2) is 23.5 Å². The van der Waals surface area contributed by atoms with Crippen LogP contribution in [0.2, 0.25) is 0 Å². The molecule has 4 nitrogen and oxygen atoms in total. The lowest BCUT2D eigenvalue weighted by atomic mass is 9.96. The minimum Gasteiger partial charge on any atom is -0.383 e. The van der Waals surface area contributed by atoms with E-state index in [9.17, 15) is 4.79 Å². The van der Waals surface area contributed by atoms with E-state index in [1.54, 1.807) is 18.5 Å². The number of nitrogens with one attached hydrogen (secondary N) is 2. The van der Waals surface area contributed by atoms with Crippen LogP contribution < -0.4 is 10.6 Å². The molecule has 0 spiro atoms. The molecule has 1 heterocycles. The Labute approximate surface area is 127 Å². The Kier molecular flexibility index (Phi) is 6.03. The topological polar surface area (TPSA) is 54.0 Å². The summed E-state index contributed by atoms with van der Waals surface area (Å²) in [6.07, 6.45) is 10.5. The van der Waals surface area contributed by atoms with Gasteiger partial charge in [-0.1, -0.05) is 33.1 Å². The monoisotopic (exact) mass is 289 g/mol. The van der Waals surface area contributed by atoms with Crippen LogP contribution in [0.5, 0.6) is 0 Å². The number of nitrogens with zero attached hydrogens (tertiary/aromatic N) is 1. The van der Waals surface area contributed by atoms with Crippen LogP contribution in [0.4, 0.5) is 5.69 Å². The molecule has 1 aliphatic rings. The van der Waals surface area contributed by atoms with E-state index < -0.39 is 0 Å². The molecule has 1 saturated carbocycles.